The molecule has 0 saturated carbocycles. The summed E-state index contributed by atoms with van der Waals surface area (Å²) in [6.45, 7) is 0. The zero-order valence-electron chi connectivity index (χ0n) is 10.6. The summed E-state index contributed by atoms with van der Waals surface area (Å²) in [5.41, 5.74) is 0.502. The van der Waals surface area contributed by atoms with Crippen molar-refractivity contribution in [2.75, 3.05) is 0 Å². The number of nitrogens with zero attached hydrogens (tertiary/aromatic N) is 1. The minimum Gasteiger partial charge on any atom is -0.294 e. The Morgan fingerprint density at radius 1 is 1.15 bits per heavy atom. The van der Waals surface area contributed by atoms with E-state index >= 15 is 0 Å². The third kappa shape index (κ3) is 3.26. The summed E-state index contributed by atoms with van der Waals surface area (Å²) >= 11 is 0. The average molecular weight is 273 g/mol. The summed E-state index contributed by atoms with van der Waals surface area (Å²) < 4.78 is 13.2. The van der Waals surface area contributed by atoms with Gasteiger partial charge in [0.2, 0.25) is 5.82 Å². The molecule has 4 nitrogen and oxygen atoms in total. The van der Waals surface area contributed by atoms with E-state index in [9.17, 15) is 19.3 Å². The maximum Gasteiger partial charge on any atom is 0.305 e. The number of carbonyl (C=O) groups excluding carboxylic acids is 1. The van der Waals surface area contributed by atoms with Gasteiger partial charge in [0.05, 0.1) is 4.92 Å². The van der Waals surface area contributed by atoms with E-state index in [4.69, 9.17) is 0 Å². The molecule has 0 amide bonds. The Hall–Kier alpha value is -2.56. The number of ketones is 1. The summed E-state index contributed by atoms with van der Waals surface area (Å²) in [6, 6.07) is 12.7. The number of nitro benzene ring substituents is 1. The number of halogens is 1. The summed E-state index contributed by atoms with van der Waals surface area (Å²) in [6.07, 6.45) is 0.775. The first-order valence-corrected chi connectivity index (χ1v) is 6.09. The van der Waals surface area contributed by atoms with Gasteiger partial charge in [0.1, 0.15) is 0 Å². The Kier molecular flexibility index (Phi) is 4.20. The molecule has 0 aliphatic carbocycles. The van der Waals surface area contributed by atoms with E-state index < -0.39 is 16.4 Å². The Morgan fingerprint density at radius 2 is 1.85 bits per heavy atom. The quantitative estimate of drug-likeness (QED) is 0.475. The minimum atomic E-state index is -0.936. The lowest BCUT2D eigenvalue weighted by Gasteiger charge is -2.02. The van der Waals surface area contributed by atoms with Gasteiger partial charge in [-0.3, -0.25) is 14.9 Å². The van der Waals surface area contributed by atoms with Crippen LogP contribution in [0.3, 0.4) is 0 Å². The van der Waals surface area contributed by atoms with Crippen molar-refractivity contribution in [2.24, 2.45) is 0 Å². The van der Waals surface area contributed by atoms with Crippen LogP contribution in [0.5, 0.6) is 0 Å². The van der Waals surface area contributed by atoms with Gasteiger partial charge < -0.3 is 0 Å². The van der Waals surface area contributed by atoms with Crippen molar-refractivity contribution in [2.45, 2.75) is 12.8 Å². The van der Waals surface area contributed by atoms with Gasteiger partial charge in [-0.15, -0.1) is 0 Å². The van der Waals surface area contributed by atoms with Gasteiger partial charge in [-0.2, -0.15) is 4.39 Å². The summed E-state index contributed by atoms with van der Waals surface area (Å²) in [4.78, 5) is 21.8. The molecular formula is C15H12FNO3. The molecule has 0 unspecified atom stereocenters. The van der Waals surface area contributed by atoms with Gasteiger partial charge in [-0.1, -0.05) is 30.3 Å². The number of Topliss-reactive ketones (excluding diaryl/α,β-unsaturated/α-hetero) is 1. The third-order valence-electron chi connectivity index (χ3n) is 2.95. The zero-order valence-corrected chi connectivity index (χ0v) is 10.6. The van der Waals surface area contributed by atoms with Crippen molar-refractivity contribution in [3.05, 3.63) is 75.6 Å². The highest BCUT2D eigenvalue weighted by molar-refractivity contribution is 5.96. The van der Waals surface area contributed by atoms with E-state index in [-0.39, 0.29) is 17.8 Å². The lowest BCUT2D eigenvalue weighted by molar-refractivity contribution is -0.387. The first-order chi connectivity index (χ1) is 9.58. The molecule has 0 radical (unpaired) electrons. The number of hydrogen-bond donors (Lipinski definition) is 0. The molecule has 102 valence electrons. The highest BCUT2D eigenvalue weighted by Crippen LogP contribution is 2.20. The topological polar surface area (TPSA) is 60.2 Å². The van der Waals surface area contributed by atoms with Crippen LogP contribution in [-0.4, -0.2) is 10.7 Å². The lowest BCUT2D eigenvalue weighted by atomic mass is 10.0. The molecule has 0 fully saturated rings. The van der Waals surface area contributed by atoms with Crippen molar-refractivity contribution in [1.29, 1.82) is 0 Å². The highest BCUT2D eigenvalue weighted by Gasteiger charge is 2.17. The van der Waals surface area contributed by atoms with Gasteiger partial charge in [-0.05, 0) is 24.1 Å². The monoisotopic (exact) mass is 273 g/mol. The minimum absolute atomic E-state index is 0.161. The molecule has 0 aliphatic rings. The molecule has 0 aromatic heterocycles. The van der Waals surface area contributed by atoms with Gasteiger partial charge in [0.15, 0.2) is 5.78 Å². The van der Waals surface area contributed by atoms with E-state index in [1.165, 1.54) is 6.07 Å². The molecule has 0 aliphatic heterocycles. The number of aryl methyl sites for hydroxylation is 1. The fraction of sp³-hybridized carbons (Fsp3) is 0.133. The fourth-order valence-corrected chi connectivity index (χ4v) is 1.87. The van der Waals surface area contributed by atoms with Crippen LogP contribution in [0.25, 0.3) is 0 Å². The Bertz CT molecular complexity index is 641. The van der Waals surface area contributed by atoms with E-state index in [0.29, 0.717) is 6.42 Å². The predicted molar refractivity (Wildman–Crippen MR) is 72.1 cm³/mol. The molecule has 0 spiro atoms. The largest absolute Gasteiger partial charge is 0.305 e. The van der Waals surface area contributed by atoms with Crippen molar-refractivity contribution in [3.63, 3.8) is 0 Å². The predicted octanol–water partition coefficient (Wildman–Crippen LogP) is 3.55. The van der Waals surface area contributed by atoms with Gasteiger partial charge >= 0.3 is 5.69 Å². The van der Waals surface area contributed by atoms with E-state index in [1.807, 2.05) is 30.3 Å². The van der Waals surface area contributed by atoms with Crippen LogP contribution in [-0.2, 0) is 6.42 Å². The van der Waals surface area contributed by atoms with Crippen LogP contribution in [0.2, 0.25) is 0 Å². The molecule has 0 heterocycles. The van der Waals surface area contributed by atoms with E-state index in [1.54, 1.807) is 0 Å². The van der Waals surface area contributed by atoms with Crippen molar-refractivity contribution in [3.8, 4) is 0 Å². The van der Waals surface area contributed by atoms with Gasteiger partial charge in [0.25, 0.3) is 0 Å². The second-order valence-electron chi connectivity index (χ2n) is 4.33. The molecule has 0 saturated heterocycles. The van der Waals surface area contributed by atoms with Gasteiger partial charge in [0, 0.05) is 18.1 Å². The molecule has 0 bridgehead atoms. The standard InChI is InChI=1S/C15H12FNO3/c16-13-8-7-12(10-14(13)17(19)20)15(18)9-6-11-4-2-1-3-5-11/h1-5,7-8,10H,6,9H2. The highest BCUT2D eigenvalue weighted by atomic mass is 19.1. The van der Waals surface area contributed by atoms with E-state index in [0.717, 1.165) is 17.7 Å². The van der Waals surface area contributed by atoms with Crippen LogP contribution in [0.4, 0.5) is 10.1 Å². The second kappa shape index (κ2) is 6.06. The maximum absolute atomic E-state index is 13.2. The van der Waals surface area contributed by atoms with Crippen LogP contribution in [0.15, 0.2) is 48.5 Å². The molecule has 2 rings (SSSR count). The molecule has 20 heavy (non-hydrogen) atoms. The molecule has 5 heteroatoms. The summed E-state index contributed by atoms with van der Waals surface area (Å²) in [7, 11) is 0. The number of carbonyl (C=O) groups is 1. The Balaban J connectivity index is 2.10. The smallest absolute Gasteiger partial charge is 0.294 e. The summed E-state index contributed by atoms with van der Waals surface area (Å²) in [5.74, 6) is -1.17. The van der Waals surface area contributed by atoms with Gasteiger partial charge in [-0.25, -0.2) is 0 Å². The normalized spacial score (nSPS) is 10.2. The molecular weight excluding hydrogens is 261 g/mol. The Labute approximate surface area is 115 Å². The SMILES string of the molecule is O=C(CCc1ccccc1)c1ccc(F)c([N+](=O)[O-])c1. The lowest BCUT2D eigenvalue weighted by Crippen LogP contribution is -2.03. The second-order valence-corrected chi connectivity index (χ2v) is 4.33. The first kappa shape index (κ1) is 13.9. The number of hydrogen-bond acceptors (Lipinski definition) is 3. The van der Waals surface area contributed by atoms with Crippen molar-refractivity contribution >= 4 is 11.5 Å². The number of benzene rings is 2. The Morgan fingerprint density at radius 3 is 2.50 bits per heavy atom. The van der Waals surface area contributed by atoms with Crippen LogP contribution in [0, 0.1) is 15.9 Å². The van der Waals surface area contributed by atoms with Crippen molar-refractivity contribution < 1.29 is 14.1 Å². The van der Waals surface area contributed by atoms with Crippen LogP contribution < -0.4 is 0 Å². The number of nitro groups is 1. The van der Waals surface area contributed by atoms with Crippen LogP contribution >= 0.6 is 0 Å². The summed E-state index contributed by atoms with van der Waals surface area (Å²) in [5, 5.41) is 10.6. The third-order valence-corrected chi connectivity index (χ3v) is 2.95. The maximum atomic E-state index is 13.2. The molecule has 2 aromatic rings. The van der Waals surface area contributed by atoms with E-state index in [2.05, 4.69) is 0 Å². The molecule has 2 aromatic carbocycles. The molecule has 0 N–H and O–H groups in total. The van der Waals surface area contributed by atoms with Crippen LogP contribution in [0.1, 0.15) is 22.3 Å². The molecule has 0 atom stereocenters. The van der Waals surface area contributed by atoms with Crippen molar-refractivity contribution in [1.82, 2.24) is 0 Å². The first-order valence-electron chi connectivity index (χ1n) is 6.09. The average Bonchev–Trinajstić information content (AvgIpc) is 2.46. The zero-order chi connectivity index (χ0) is 14.5. The number of rotatable bonds is 5. The fourth-order valence-electron chi connectivity index (χ4n) is 1.87.